The molecular formula is C28H30BrN3O3S. The maximum Gasteiger partial charge on any atom is 0.261 e. The number of halogens is 1. The van der Waals surface area contributed by atoms with E-state index in [-0.39, 0.29) is 11.0 Å². The largest absolute Gasteiger partial charge is 0.493 e. The Bertz CT molecular complexity index is 1220. The number of benzene rings is 3. The lowest BCUT2D eigenvalue weighted by Gasteiger charge is -2.23. The van der Waals surface area contributed by atoms with Gasteiger partial charge in [-0.3, -0.25) is 14.9 Å². The normalized spacial score (nSPS) is 10.6. The summed E-state index contributed by atoms with van der Waals surface area (Å²) in [6, 6.07) is 21.8. The molecule has 0 heterocycles. The van der Waals surface area contributed by atoms with E-state index >= 15 is 0 Å². The molecule has 0 saturated carbocycles. The van der Waals surface area contributed by atoms with Crippen molar-refractivity contribution in [3.63, 3.8) is 0 Å². The Labute approximate surface area is 226 Å². The maximum atomic E-state index is 13.4. The Hall–Kier alpha value is -3.23. The molecule has 0 aromatic heterocycles. The van der Waals surface area contributed by atoms with Crippen molar-refractivity contribution in [3.05, 3.63) is 88.4 Å². The highest BCUT2D eigenvalue weighted by atomic mass is 79.9. The molecular weight excluding hydrogens is 538 g/mol. The average molecular weight is 569 g/mol. The molecule has 0 fully saturated rings. The number of nitrogens with one attached hydrogen (secondary N) is 2. The van der Waals surface area contributed by atoms with Gasteiger partial charge in [0.2, 0.25) is 0 Å². The summed E-state index contributed by atoms with van der Waals surface area (Å²) in [5.74, 6) is 0.393. The van der Waals surface area contributed by atoms with E-state index in [2.05, 4.69) is 40.4 Å². The molecule has 0 bridgehead atoms. The number of amides is 2. The molecule has 8 heteroatoms. The molecule has 0 radical (unpaired) electrons. The third-order valence-electron chi connectivity index (χ3n) is 5.40. The molecule has 0 spiro atoms. The van der Waals surface area contributed by atoms with Crippen molar-refractivity contribution in [3.8, 4) is 5.75 Å². The lowest BCUT2D eigenvalue weighted by Crippen LogP contribution is -2.36. The first-order valence-corrected chi connectivity index (χ1v) is 13.0. The Balaban J connectivity index is 1.75. The van der Waals surface area contributed by atoms with Gasteiger partial charge in [-0.15, -0.1) is 0 Å². The molecule has 3 aromatic carbocycles. The van der Waals surface area contributed by atoms with Crippen LogP contribution in [0.3, 0.4) is 0 Å². The Kier molecular flexibility index (Phi) is 10.0. The van der Waals surface area contributed by atoms with Crippen LogP contribution in [0.15, 0.2) is 77.3 Å². The number of hydrogen-bond donors (Lipinski definition) is 2. The molecule has 3 rings (SSSR count). The van der Waals surface area contributed by atoms with Crippen LogP contribution in [0.25, 0.3) is 0 Å². The van der Waals surface area contributed by atoms with E-state index in [9.17, 15) is 9.59 Å². The zero-order valence-electron chi connectivity index (χ0n) is 20.6. The molecule has 3 aromatic rings. The first-order valence-electron chi connectivity index (χ1n) is 11.8. The Morgan fingerprint density at radius 1 is 1.00 bits per heavy atom. The second kappa shape index (κ2) is 13.2. The van der Waals surface area contributed by atoms with Gasteiger partial charge < -0.3 is 15.0 Å². The van der Waals surface area contributed by atoms with Crippen molar-refractivity contribution >= 4 is 56.4 Å². The number of carbonyl (C=O) groups excluding carboxylic acids is 2. The third kappa shape index (κ3) is 7.38. The smallest absolute Gasteiger partial charge is 0.261 e. The number of ether oxygens (including phenoxy) is 1. The van der Waals surface area contributed by atoms with Gasteiger partial charge in [0.25, 0.3) is 11.8 Å². The van der Waals surface area contributed by atoms with Gasteiger partial charge in [-0.25, -0.2) is 0 Å². The predicted molar refractivity (Wildman–Crippen MR) is 153 cm³/mol. The fourth-order valence-corrected chi connectivity index (χ4v) is 4.07. The summed E-state index contributed by atoms with van der Waals surface area (Å²) in [4.78, 5) is 28.1. The summed E-state index contributed by atoms with van der Waals surface area (Å²) in [5, 5.41) is 5.80. The maximum absolute atomic E-state index is 13.4. The van der Waals surface area contributed by atoms with E-state index < -0.39 is 5.91 Å². The molecule has 2 N–H and O–H groups in total. The van der Waals surface area contributed by atoms with Gasteiger partial charge in [-0.2, -0.15) is 0 Å². The van der Waals surface area contributed by atoms with Gasteiger partial charge >= 0.3 is 0 Å². The van der Waals surface area contributed by atoms with Crippen LogP contribution in [0.1, 0.15) is 47.9 Å². The van der Waals surface area contributed by atoms with E-state index in [1.54, 1.807) is 41.3 Å². The summed E-state index contributed by atoms with van der Waals surface area (Å²) in [5.41, 5.74) is 2.11. The first-order chi connectivity index (χ1) is 17.3. The summed E-state index contributed by atoms with van der Waals surface area (Å²) in [7, 11) is 0. The van der Waals surface area contributed by atoms with Gasteiger partial charge in [0.15, 0.2) is 5.11 Å². The zero-order valence-corrected chi connectivity index (χ0v) is 23.0. The van der Waals surface area contributed by atoms with Crippen molar-refractivity contribution in [2.24, 2.45) is 5.92 Å². The molecule has 0 aliphatic carbocycles. The van der Waals surface area contributed by atoms with Crippen LogP contribution in [0, 0.1) is 5.92 Å². The van der Waals surface area contributed by atoms with Crippen LogP contribution >= 0.6 is 28.1 Å². The average Bonchev–Trinajstić information content (AvgIpc) is 2.86. The van der Waals surface area contributed by atoms with Crippen LogP contribution in [0.2, 0.25) is 0 Å². The van der Waals surface area contributed by atoms with Crippen molar-refractivity contribution in [1.82, 2.24) is 5.32 Å². The van der Waals surface area contributed by atoms with Crippen molar-refractivity contribution in [2.75, 3.05) is 23.4 Å². The number of anilines is 2. The lowest BCUT2D eigenvalue weighted by molar-refractivity contribution is 0.0970. The van der Waals surface area contributed by atoms with E-state index in [4.69, 9.17) is 17.0 Å². The van der Waals surface area contributed by atoms with Crippen LogP contribution in [0.5, 0.6) is 5.75 Å². The van der Waals surface area contributed by atoms with E-state index in [0.29, 0.717) is 41.6 Å². The van der Waals surface area contributed by atoms with Crippen molar-refractivity contribution in [1.29, 1.82) is 0 Å². The third-order valence-corrected chi connectivity index (χ3v) is 6.10. The molecule has 36 heavy (non-hydrogen) atoms. The molecule has 0 unspecified atom stereocenters. The van der Waals surface area contributed by atoms with E-state index in [1.165, 1.54) is 0 Å². The number of carbonyl (C=O) groups is 2. The minimum atomic E-state index is -0.406. The quantitative estimate of drug-likeness (QED) is 0.282. The molecule has 0 aliphatic heterocycles. The highest BCUT2D eigenvalue weighted by Crippen LogP contribution is 2.25. The molecule has 0 aliphatic rings. The summed E-state index contributed by atoms with van der Waals surface area (Å²) < 4.78 is 6.61. The van der Waals surface area contributed by atoms with Crippen molar-refractivity contribution < 1.29 is 14.3 Å². The summed E-state index contributed by atoms with van der Waals surface area (Å²) in [6.07, 6.45) is 0.875. The van der Waals surface area contributed by atoms with Crippen LogP contribution < -0.4 is 20.3 Å². The molecule has 188 valence electrons. The molecule has 2 amide bonds. The Morgan fingerprint density at radius 2 is 1.69 bits per heavy atom. The highest BCUT2D eigenvalue weighted by molar-refractivity contribution is 9.10. The molecule has 0 atom stereocenters. The molecule has 0 saturated heterocycles. The minimum Gasteiger partial charge on any atom is -0.493 e. The highest BCUT2D eigenvalue weighted by Gasteiger charge is 2.20. The van der Waals surface area contributed by atoms with E-state index in [1.807, 2.05) is 43.3 Å². The SMILES string of the molecule is CCN(C(=O)c1ccccc1NC(=S)NC(=O)c1cc(Br)ccc1OCCC(C)C)c1ccccc1. The molecule has 6 nitrogen and oxygen atoms in total. The number of para-hydroxylation sites is 2. The number of rotatable bonds is 9. The van der Waals surface area contributed by atoms with Gasteiger partial charge in [-0.1, -0.05) is 60.1 Å². The Morgan fingerprint density at radius 3 is 2.39 bits per heavy atom. The first kappa shape index (κ1) is 27.4. The number of thiocarbonyl (C=S) groups is 1. The number of hydrogen-bond acceptors (Lipinski definition) is 4. The fourth-order valence-electron chi connectivity index (χ4n) is 3.51. The fraction of sp³-hybridized carbons (Fsp3) is 0.250. The van der Waals surface area contributed by atoms with Gasteiger partial charge in [-0.05, 0) is 73.9 Å². The van der Waals surface area contributed by atoms with Gasteiger partial charge in [0.05, 0.1) is 23.4 Å². The topological polar surface area (TPSA) is 70.7 Å². The van der Waals surface area contributed by atoms with Crippen molar-refractivity contribution in [2.45, 2.75) is 27.2 Å². The van der Waals surface area contributed by atoms with Crippen LogP contribution in [-0.4, -0.2) is 30.1 Å². The second-order valence-electron chi connectivity index (χ2n) is 8.51. The second-order valence-corrected chi connectivity index (χ2v) is 9.83. The summed E-state index contributed by atoms with van der Waals surface area (Å²) in [6.45, 7) is 7.16. The van der Waals surface area contributed by atoms with Crippen LogP contribution in [-0.2, 0) is 0 Å². The van der Waals surface area contributed by atoms with Gasteiger partial charge in [0.1, 0.15) is 5.75 Å². The van der Waals surface area contributed by atoms with Gasteiger partial charge in [0, 0.05) is 16.7 Å². The monoisotopic (exact) mass is 567 g/mol. The van der Waals surface area contributed by atoms with E-state index in [0.717, 1.165) is 16.6 Å². The predicted octanol–water partition coefficient (Wildman–Crippen LogP) is 6.67. The minimum absolute atomic E-state index is 0.0797. The summed E-state index contributed by atoms with van der Waals surface area (Å²) >= 11 is 8.84. The number of nitrogens with zero attached hydrogens (tertiary/aromatic N) is 1. The lowest BCUT2D eigenvalue weighted by atomic mass is 10.1. The standard InChI is InChI=1S/C28H30BrN3O3S/c1-4-32(21-10-6-5-7-11-21)27(34)22-12-8-9-13-24(22)30-28(36)31-26(33)23-18-20(29)14-15-25(23)35-17-16-19(2)3/h5-15,18-19H,4,16-17H2,1-3H3,(H2,30,31,33,36). The van der Waals surface area contributed by atoms with Crippen LogP contribution in [0.4, 0.5) is 11.4 Å². The zero-order chi connectivity index (χ0) is 26.1.